The zero-order chi connectivity index (χ0) is 14.2. The van der Waals surface area contributed by atoms with Crippen molar-refractivity contribution in [1.82, 2.24) is 24.6 Å². The Balaban J connectivity index is 2.33. The van der Waals surface area contributed by atoms with Crippen LogP contribution in [0.2, 0.25) is 0 Å². The number of likely N-dealkylation sites (N-methyl/N-ethyl adjacent to an activating group) is 1. The Morgan fingerprint density at radius 1 is 1.42 bits per heavy atom. The first-order valence-electron chi connectivity index (χ1n) is 6.11. The van der Waals surface area contributed by atoms with Gasteiger partial charge in [0.15, 0.2) is 5.65 Å². The molecule has 0 fully saturated rings. The molecule has 7 heteroatoms. The van der Waals surface area contributed by atoms with Gasteiger partial charge in [-0.3, -0.25) is 9.58 Å². The van der Waals surface area contributed by atoms with Crippen LogP contribution >= 0.6 is 0 Å². The quantitative estimate of drug-likeness (QED) is 0.816. The van der Waals surface area contributed by atoms with Crippen LogP contribution in [0.25, 0.3) is 11.0 Å². The highest BCUT2D eigenvalue weighted by Crippen LogP contribution is 2.19. The second kappa shape index (κ2) is 4.75. The lowest BCUT2D eigenvalue weighted by Gasteiger charge is -2.33. The Morgan fingerprint density at radius 2 is 2.11 bits per heavy atom. The van der Waals surface area contributed by atoms with Crippen LogP contribution in [-0.2, 0) is 13.6 Å². The van der Waals surface area contributed by atoms with Gasteiger partial charge in [0, 0.05) is 12.6 Å². The fourth-order valence-electron chi connectivity index (χ4n) is 1.71. The van der Waals surface area contributed by atoms with Crippen LogP contribution in [0.4, 0.5) is 5.82 Å². The smallest absolute Gasteiger partial charge is 0.163 e. The van der Waals surface area contributed by atoms with E-state index >= 15 is 0 Å². The fourth-order valence-corrected chi connectivity index (χ4v) is 1.71. The third-order valence-corrected chi connectivity index (χ3v) is 3.47. The summed E-state index contributed by atoms with van der Waals surface area (Å²) in [5.74, 6) is 1.06. The summed E-state index contributed by atoms with van der Waals surface area (Å²) in [7, 11) is 3.74. The molecule has 7 nitrogen and oxygen atoms in total. The van der Waals surface area contributed by atoms with Crippen LogP contribution in [0.3, 0.4) is 0 Å². The third kappa shape index (κ3) is 2.52. The predicted molar refractivity (Wildman–Crippen MR) is 73.3 cm³/mol. The number of aliphatic hydroxyl groups is 1. The minimum absolute atomic E-state index is 0.0624. The summed E-state index contributed by atoms with van der Waals surface area (Å²) in [6.45, 7) is 4.49. The van der Waals surface area contributed by atoms with Gasteiger partial charge in [-0.25, -0.2) is 9.97 Å². The minimum atomic E-state index is -0.334. The summed E-state index contributed by atoms with van der Waals surface area (Å²) in [5, 5.41) is 14.2. The first-order chi connectivity index (χ1) is 8.85. The summed E-state index contributed by atoms with van der Waals surface area (Å²) < 4.78 is 1.67. The molecule has 0 aliphatic carbocycles. The predicted octanol–water partition coefficient (Wildman–Crippen LogP) is 0.148. The molecule has 0 aliphatic rings. The molecule has 0 spiro atoms. The summed E-state index contributed by atoms with van der Waals surface area (Å²) in [6.07, 6.45) is 1.66. The van der Waals surface area contributed by atoms with E-state index in [1.165, 1.54) is 0 Å². The van der Waals surface area contributed by atoms with Gasteiger partial charge in [0.2, 0.25) is 0 Å². The van der Waals surface area contributed by atoms with E-state index in [1.54, 1.807) is 10.9 Å². The van der Waals surface area contributed by atoms with E-state index in [-0.39, 0.29) is 12.1 Å². The van der Waals surface area contributed by atoms with Crippen molar-refractivity contribution in [3.63, 3.8) is 0 Å². The van der Waals surface area contributed by atoms with Gasteiger partial charge < -0.3 is 10.8 Å². The number of nitrogens with two attached hydrogens (primary N) is 1. The number of nitrogens with zero attached hydrogens (tertiary/aromatic N) is 5. The first kappa shape index (κ1) is 13.7. The second-order valence-corrected chi connectivity index (χ2v) is 5.36. The lowest BCUT2D eigenvalue weighted by molar-refractivity contribution is 0.0715. The van der Waals surface area contributed by atoms with Crippen LogP contribution in [0.5, 0.6) is 0 Å². The van der Waals surface area contributed by atoms with E-state index in [4.69, 9.17) is 5.73 Å². The topological polar surface area (TPSA) is 93.1 Å². The molecular formula is C12H20N6O. The Morgan fingerprint density at radius 3 is 2.74 bits per heavy atom. The number of aryl methyl sites for hydroxylation is 1. The second-order valence-electron chi connectivity index (χ2n) is 5.36. The molecule has 0 radical (unpaired) electrons. The summed E-state index contributed by atoms with van der Waals surface area (Å²) in [6, 6.07) is 0. The van der Waals surface area contributed by atoms with Crippen LogP contribution < -0.4 is 5.73 Å². The number of rotatable bonds is 4. The van der Waals surface area contributed by atoms with E-state index in [0.29, 0.717) is 18.2 Å². The molecular weight excluding hydrogens is 244 g/mol. The molecule has 0 saturated heterocycles. The van der Waals surface area contributed by atoms with Gasteiger partial charge in [-0.15, -0.1) is 0 Å². The molecule has 2 aromatic heterocycles. The molecule has 19 heavy (non-hydrogen) atoms. The van der Waals surface area contributed by atoms with Gasteiger partial charge in [0.1, 0.15) is 11.6 Å². The maximum absolute atomic E-state index is 9.36. The normalized spacial score (nSPS) is 12.5. The molecule has 0 amide bonds. The Bertz CT molecular complexity index is 591. The average molecular weight is 264 g/mol. The molecule has 0 aromatic carbocycles. The van der Waals surface area contributed by atoms with Gasteiger partial charge in [-0.05, 0) is 20.9 Å². The van der Waals surface area contributed by atoms with E-state index in [2.05, 4.69) is 15.1 Å². The molecule has 3 N–H and O–H groups in total. The number of aromatic nitrogens is 4. The lowest BCUT2D eigenvalue weighted by atomic mass is 10.1. The average Bonchev–Trinajstić information content (AvgIpc) is 2.72. The molecule has 2 rings (SSSR count). The SMILES string of the molecule is CN(Cc1nc(N)c2cnn(C)c2n1)C(C)(C)CO. The highest BCUT2D eigenvalue weighted by atomic mass is 16.3. The van der Waals surface area contributed by atoms with Crippen molar-refractivity contribution in [2.24, 2.45) is 7.05 Å². The number of anilines is 1. The van der Waals surface area contributed by atoms with Gasteiger partial charge in [0.05, 0.1) is 24.7 Å². The molecule has 2 aromatic rings. The van der Waals surface area contributed by atoms with Crippen molar-refractivity contribution in [2.45, 2.75) is 25.9 Å². The van der Waals surface area contributed by atoms with Crippen molar-refractivity contribution in [3.8, 4) is 0 Å². The number of hydrogen-bond donors (Lipinski definition) is 2. The minimum Gasteiger partial charge on any atom is -0.394 e. The molecule has 0 saturated carbocycles. The molecule has 0 atom stereocenters. The number of nitrogen functional groups attached to an aromatic ring is 1. The van der Waals surface area contributed by atoms with E-state index < -0.39 is 0 Å². The van der Waals surface area contributed by atoms with E-state index in [0.717, 1.165) is 11.0 Å². The Kier molecular flexibility index (Phi) is 3.42. The van der Waals surface area contributed by atoms with Gasteiger partial charge in [-0.2, -0.15) is 5.10 Å². The number of hydrogen-bond acceptors (Lipinski definition) is 6. The zero-order valence-corrected chi connectivity index (χ0v) is 11.8. The summed E-state index contributed by atoms with van der Waals surface area (Å²) in [5.41, 5.74) is 6.30. The van der Waals surface area contributed by atoms with Crippen molar-refractivity contribution in [1.29, 1.82) is 0 Å². The maximum atomic E-state index is 9.36. The molecule has 0 aliphatic heterocycles. The van der Waals surface area contributed by atoms with Crippen LogP contribution in [-0.4, -0.2) is 48.9 Å². The zero-order valence-electron chi connectivity index (χ0n) is 11.8. The summed E-state index contributed by atoms with van der Waals surface area (Å²) >= 11 is 0. The fraction of sp³-hybridized carbons (Fsp3) is 0.583. The monoisotopic (exact) mass is 264 g/mol. The van der Waals surface area contributed by atoms with Gasteiger partial charge in [-0.1, -0.05) is 0 Å². The van der Waals surface area contributed by atoms with Gasteiger partial charge >= 0.3 is 0 Å². The van der Waals surface area contributed by atoms with Crippen LogP contribution in [0, 0.1) is 0 Å². The van der Waals surface area contributed by atoms with E-state index in [1.807, 2.05) is 32.8 Å². The van der Waals surface area contributed by atoms with Crippen molar-refractivity contribution in [2.75, 3.05) is 19.4 Å². The number of fused-ring (bicyclic) bond motifs is 1. The highest BCUT2D eigenvalue weighted by Gasteiger charge is 2.23. The van der Waals surface area contributed by atoms with Gasteiger partial charge in [0.25, 0.3) is 0 Å². The Hall–Kier alpha value is -1.73. The Labute approximate surface area is 112 Å². The number of aliphatic hydroxyl groups excluding tert-OH is 1. The lowest BCUT2D eigenvalue weighted by Crippen LogP contribution is -2.44. The molecule has 2 heterocycles. The van der Waals surface area contributed by atoms with E-state index in [9.17, 15) is 5.11 Å². The maximum Gasteiger partial charge on any atom is 0.163 e. The van der Waals surface area contributed by atoms with Crippen LogP contribution in [0.15, 0.2) is 6.20 Å². The molecule has 104 valence electrons. The van der Waals surface area contributed by atoms with Crippen molar-refractivity contribution >= 4 is 16.9 Å². The largest absolute Gasteiger partial charge is 0.394 e. The summed E-state index contributed by atoms with van der Waals surface area (Å²) in [4.78, 5) is 10.8. The van der Waals surface area contributed by atoms with Crippen molar-refractivity contribution < 1.29 is 5.11 Å². The molecule has 0 unspecified atom stereocenters. The standard InChI is InChI=1S/C12H20N6O/c1-12(2,7-19)17(3)6-9-15-10(13)8-5-14-18(4)11(8)16-9/h5,19H,6-7H2,1-4H3,(H2,13,15,16). The highest BCUT2D eigenvalue weighted by molar-refractivity contribution is 5.84. The molecule has 0 bridgehead atoms. The van der Waals surface area contributed by atoms with Crippen LogP contribution in [0.1, 0.15) is 19.7 Å². The first-order valence-corrected chi connectivity index (χ1v) is 6.11. The third-order valence-electron chi connectivity index (χ3n) is 3.47. The van der Waals surface area contributed by atoms with Crippen molar-refractivity contribution in [3.05, 3.63) is 12.0 Å².